The van der Waals surface area contributed by atoms with Gasteiger partial charge in [-0.1, -0.05) is 35.0 Å². The molecule has 1 atom stereocenters. The Morgan fingerprint density at radius 1 is 1.17 bits per heavy atom. The van der Waals surface area contributed by atoms with Gasteiger partial charge in [-0.15, -0.1) is 5.10 Å². The molecule has 1 aromatic carbocycles. The van der Waals surface area contributed by atoms with E-state index in [0.717, 1.165) is 11.4 Å². The summed E-state index contributed by atoms with van der Waals surface area (Å²) in [6, 6.07) is 9.73. The highest BCUT2D eigenvalue weighted by Crippen LogP contribution is 2.28. The summed E-state index contributed by atoms with van der Waals surface area (Å²) in [4.78, 5) is 8.17. The molecule has 0 fully saturated rings. The second kappa shape index (κ2) is 6.62. The topological polar surface area (TPSA) is 80.5 Å². The van der Waals surface area contributed by atoms with E-state index in [4.69, 9.17) is 11.6 Å². The van der Waals surface area contributed by atoms with Crippen LogP contribution in [0.2, 0.25) is 5.15 Å². The molecule has 0 amide bonds. The Bertz CT molecular complexity index is 788. The summed E-state index contributed by atoms with van der Waals surface area (Å²) in [5.74, 6) is 0.620. The van der Waals surface area contributed by atoms with Crippen LogP contribution in [-0.2, 0) is 0 Å². The van der Waals surface area contributed by atoms with Crippen LogP contribution in [0.25, 0.3) is 5.69 Å². The van der Waals surface area contributed by atoms with Crippen LogP contribution in [0.4, 0.5) is 11.5 Å². The van der Waals surface area contributed by atoms with Gasteiger partial charge >= 0.3 is 0 Å². The average Bonchev–Trinajstić information content (AvgIpc) is 3.06. The van der Waals surface area contributed by atoms with Gasteiger partial charge in [0.1, 0.15) is 17.7 Å². The monoisotopic (exact) mass is 329 g/mol. The predicted octanol–water partition coefficient (Wildman–Crippen LogP) is 2.93. The molecular weight excluding hydrogens is 314 g/mol. The van der Waals surface area contributed by atoms with Crippen molar-refractivity contribution in [3.05, 3.63) is 53.7 Å². The number of benzene rings is 1. The lowest BCUT2D eigenvalue weighted by Crippen LogP contribution is -2.11. The molecule has 3 aromatic rings. The third kappa shape index (κ3) is 3.24. The number of anilines is 2. The molecule has 1 unspecified atom stereocenters. The molecule has 0 aliphatic rings. The highest BCUT2D eigenvalue weighted by atomic mass is 35.5. The molecule has 2 heterocycles. The van der Waals surface area contributed by atoms with E-state index in [1.54, 1.807) is 11.7 Å². The highest BCUT2D eigenvalue weighted by molar-refractivity contribution is 6.32. The van der Waals surface area contributed by atoms with Crippen LogP contribution >= 0.6 is 11.6 Å². The Kier molecular flexibility index (Phi) is 4.38. The van der Waals surface area contributed by atoms with Crippen LogP contribution in [0.5, 0.6) is 0 Å². The minimum absolute atomic E-state index is 0.0921. The summed E-state index contributed by atoms with van der Waals surface area (Å²) in [6.45, 7) is 1.98. The predicted molar refractivity (Wildman–Crippen MR) is 90.0 cm³/mol. The number of aromatic nitrogens is 5. The fourth-order valence-corrected chi connectivity index (χ4v) is 2.38. The third-order valence-electron chi connectivity index (χ3n) is 3.38. The molecule has 0 bridgehead atoms. The molecule has 8 heteroatoms. The zero-order valence-corrected chi connectivity index (χ0v) is 13.5. The number of nitrogens with one attached hydrogen (secondary N) is 2. The fraction of sp³-hybridized carbons (Fsp3) is 0.200. The van der Waals surface area contributed by atoms with Crippen molar-refractivity contribution in [1.29, 1.82) is 0 Å². The lowest BCUT2D eigenvalue weighted by molar-refractivity contribution is 0.779. The molecule has 0 radical (unpaired) electrons. The average molecular weight is 330 g/mol. The minimum Gasteiger partial charge on any atom is -0.383 e. The number of para-hydroxylation sites is 1. The molecule has 0 saturated heterocycles. The summed E-state index contributed by atoms with van der Waals surface area (Å²) in [7, 11) is 1.77. The SMILES string of the molecule is CNc1c(Cl)ncnc1NC(C)c1cn(-c2ccccc2)nn1. The quantitative estimate of drug-likeness (QED) is 0.700. The van der Waals surface area contributed by atoms with E-state index in [9.17, 15) is 0 Å². The van der Waals surface area contributed by atoms with Crippen LogP contribution in [0.3, 0.4) is 0 Å². The van der Waals surface area contributed by atoms with Gasteiger partial charge in [-0.05, 0) is 19.1 Å². The van der Waals surface area contributed by atoms with Crippen LogP contribution in [-0.4, -0.2) is 32.0 Å². The standard InChI is InChI=1S/C15H16ClN7/c1-10(20-15-13(17-2)14(16)18-9-19-15)12-8-23(22-21-12)11-6-4-3-5-7-11/h3-10,17H,1-2H3,(H,18,19,20). The van der Waals surface area contributed by atoms with E-state index in [1.165, 1.54) is 6.33 Å². The van der Waals surface area contributed by atoms with E-state index in [-0.39, 0.29) is 6.04 Å². The maximum absolute atomic E-state index is 6.06. The molecular formula is C15H16ClN7. The maximum Gasteiger partial charge on any atom is 0.157 e. The van der Waals surface area contributed by atoms with Crippen molar-refractivity contribution in [2.75, 3.05) is 17.7 Å². The van der Waals surface area contributed by atoms with E-state index < -0.39 is 0 Å². The molecule has 3 rings (SSSR count). The molecule has 23 heavy (non-hydrogen) atoms. The van der Waals surface area contributed by atoms with Crippen LogP contribution < -0.4 is 10.6 Å². The van der Waals surface area contributed by atoms with Crippen molar-refractivity contribution < 1.29 is 0 Å². The van der Waals surface area contributed by atoms with Crippen molar-refractivity contribution in [2.24, 2.45) is 0 Å². The Labute approximate surface area is 138 Å². The largest absolute Gasteiger partial charge is 0.383 e. The van der Waals surface area contributed by atoms with Gasteiger partial charge in [0.15, 0.2) is 11.0 Å². The molecule has 0 spiro atoms. The van der Waals surface area contributed by atoms with Crippen molar-refractivity contribution in [2.45, 2.75) is 13.0 Å². The number of nitrogens with zero attached hydrogens (tertiary/aromatic N) is 5. The Morgan fingerprint density at radius 2 is 1.96 bits per heavy atom. The second-order valence-electron chi connectivity index (χ2n) is 4.93. The zero-order valence-electron chi connectivity index (χ0n) is 12.7. The number of halogens is 1. The van der Waals surface area contributed by atoms with Gasteiger partial charge in [0.05, 0.1) is 17.9 Å². The molecule has 118 valence electrons. The third-order valence-corrected chi connectivity index (χ3v) is 3.67. The van der Waals surface area contributed by atoms with Gasteiger partial charge in [-0.3, -0.25) is 0 Å². The maximum atomic E-state index is 6.06. The van der Waals surface area contributed by atoms with Gasteiger partial charge < -0.3 is 10.6 Å². The minimum atomic E-state index is -0.0921. The van der Waals surface area contributed by atoms with Gasteiger partial charge in [0.25, 0.3) is 0 Å². The summed E-state index contributed by atoms with van der Waals surface area (Å²) in [6.07, 6.45) is 3.30. The number of rotatable bonds is 5. The Hall–Kier alpha value is -2.67. The lowest BCUT2D eigenvalue weighted by Gasteiger charge is -2.15. The summed E-state index contributed by atoms with van der Waals surface area (Å²) < 4.78 is 1.74. The van der Waals surface area contributed by atoms with Crippen molar-refractivity contribution in [1.82, 2.24) is 25.0 Å². The first-order valence-electron chi connectivity index (χ1n) is 7.11. The van der Waals surface area contributed by atoms with Crippen molar-refractivity contribution in [3.8, 4) is 5.69 Å². The fourth-order valence-electron chi connectivity index (χ4n) is 2.16. The second-order valence-corrected chi connectivity index (χ2v) is 5.29. The van der Waals surface area contributed by atoms with E-state index >= 15 is 0 Å². The smallest absolute Gasteiger partial charge is 0.157 e. The molecule has 7 nitrogen and oxygen atoms in total. The summed E-state index contributed by atoms with van der Waals surface area (Å²) in [5.41, 5.74) is 2.40. The molecule has 2 N–H and O–H groups in total. The van der Waals surface area contributed by atoms with E-state index in [2.05, 4.69) is 30.9 Å². The summed E-state index contributed by atoms with van der Waals surface area (Å²) >= 11 is 6.06. The van der Waals surface area contributed by atoms with Crippen LogP contribution in [0.1, 0.15) is 18.7 Å². The van der Waals surface area contributed by atoms with Gasteiger partial charge in [0, 0.05) is 7.05 Å². The van der Waals surface area contributed by atoms with Crippen LogP contribution in [0, 0.1) is 0 Å². The molecule has 2 aromatic heterocycles. The van der Waals surface area contributed by atoms with Crippen molar-refractivity contribution >= 4 is 23.1 Å². The summed E-state index contributed by atoms with van der Waals surface area (Å²) in [5, 5.41) is 15.0. The van der Waals surface area contributed by atoms with E-state index in [0.29, 0.717) is 16.7 Å². The molecule has 0 aliphatic carbocycles. The number of hydrogen-bond donors (Lipinski definition) is 2. The normalized spacial score (nSPS) is 12.0. The molecule has 0 saturated carbocycles. The first-order chi connectivity index (χ1) is 11.2. The lowest BCUT2D eigenvalue weighted by atomic mass is 10.2. The van der Waals surface area contributed by atoms with Crippen LogP contribution in [0.15, 0.2) is 42.9 Å². The van der Waals surface area contributed by atoms with Crippen molar-refractivity contribution in [3.63, 3.8) is 0 Å². The van der Waals surface area contributed by atoms with Gasteiger partial charge in [-0.2, -0.15) is 0 Å². The number of hydrogen-bond acceptors (Lipinski definition) is 6. The van der Waals surface area contributed by atoms with Gasteiger partial charge in [0.2, 0.25) is 0 Å². The first-order valence-corrected chi connectivity index (χ1v) is 7.49. The first kappa shape index (κ1) is 15.2. The Balaban J connectivity index is 1.81. The van der Waals surface area contributed by atoms with Gasteiger partial charge in [-0.25, -0.2) is 14.6 Å². The molecule has 0 aliphatic heterocycles. The Morgan fingerprint density at radius 3 is 2.70 bits per heavy atom. The highest BCUT2D eigenvalue weighted by Gasteiger charge is 2.15. The zero-order chi connectivity index (χ0) is 16.2. The van der Waals surface area contributed by atoms with E-state index in [1.807, 2.05) is 43.5 Å².